The molecule has 0 radical (unpaired) electrons. The molecule has 0 bridgehead atoms. The van der Waals surface area contributed by atoms with Gasteiger partial charge in [0, 0.05) is 20.6 Å². The molecular formula is C13H23N3O2. The van der Waals surface area contributed by atoms with Gasteiger partial charge in [-0.25, -0.2) is 4.98 Å². The van der Waals surface area contributed by atoms with Crippen molar-refractivity contribution in [2.45, 2.75) is 50.7 Å². The van der Waals surface area contributed by atoms with E-state index in [1.807, 2.05) is 7.05 Å². The summed E-state index contributed by atoms with van der Waals surface area (Å²) < 4.78 is 7.38. The van der Waals surface area contributed by atoms with Gasteiger partial charge in [-0.1, -0.05) is 6.92 Å². The summed E-state index contributed by atoms with van der Waals surface area (Å²) in [6, 6.07) is 0. The van der Waals surface area contributed by atoms with Crippen molar-refractivity contribution in [1.82, 2.24) is 14.8 Å². The Labute approximate surface area is 108 Å². The molecule has 1 heterocycles. The largest absolute Gasteiger partial charge is 0.390 e. The van der Waals surface area contributed by atoms with Crippen LogP contribution in [0.15, 0.2) is 6.33 Å². The summed E-state index contributed by atoms with van der Waals surface area (Å²) in [5.74, 6) is 1.54. The van der Waals surface area contributed by atoms with Crippen LogP contribution in [0.2, 0.25) is 0 Å². The van der Waals surface area contributed by atoms with Crippen LogP contribution in [0.25, 0.3) is 0 Å². The Balaban J connectivity index is 2.06. The van der Waals surface area contributed by atoms with Crippen LogP contribution in [0.5, 0.6) is 0 Å². The molecule has 2 rings (SSSR count). The Morgan fingerprint density at radius 2 is 2.22 bits per heavy atom. The molecule has 1 atom stereocenters. The molecule has 18 heavy (non-hydrogen) atoms. The third-order valence-electron chi connectivity index (χ3n) is 4.32. The zero-order chi connectivity index (χ0) is 13.2. The number of ether oxygens (including phenoxy) is 1. The lowest BCUT2D eigenvalue weighted by atomic mass is 9.75. The van der Waals surface area contributed by atoms with Crippen molar-refractivity contribution in [3.8, 4) is 0 Å². The molecule has 1 aliphatic rings. The third kappa shape index (κ3) is 2.57. The molecule has 1 N–H and O–H groups in total. The number of aromatic nitrogens is 3. The molecular weight excluding hydrogens is 230 g/mol. The summed E-state index contributed by atoms with van der Waals surface area (Å²) in [6.45, 7) is 2.26. The van der Waals surface area contributed by atoms with E-state index in [0.717, 1.165) is 37.4 Å². The Kier molecular flexibility index (Phi) is 4.02. The zero-order valence-electron chi connectivity index (χ0n) is 11.5. The summed E-state index contributed by atoms with van der Waals surface area (Å²) in [4.78, 5) is 4.17. The van der Waals surface area contributed by atoms with E-state index in [-0.39, 0.29) is 0 Å². The highest BCUT2D eigenvalue weighted by Crippen LogP contribution is 2.37. The standard InChI is InChI=1S/C13H23N3O2/c1-10-4-6-13(18-3,7-5-10)11(17)8-12-14-9-15-16(12)2/h9-11,17H,4-8H2,1-3H3. The molecule has 0 aromatic carbocycles. The second-order valence-electron chi connectivity index (χ2n) is 5.47. The lowest BCUT2D eigenvalue weighted by Gasteiger charge is -2.41. The summed E-state index contributed by atoms with van der Waals surface area (Å²) in [5, 5.41) is 14.5. The molecule has 5 heteroatoms. The summed E-state index contributed by atoms with van der Waals surface area (Å²) in [7, 11) is 3.55. The number of hydrogen-bond acceptors (Lipinski definition) is 4. The van der Waals surface area contributed by atoms with Crippen LogP contribution in [0.4, 0.5) is 0 Å². The lowest BCUT2D eigenvalue weighted by molar-refractivity contribution is -0.128. The van der Waals surface area contributed by atoms with E-state index in [0.29, 0.717) is 6.42 Å². The van der Waals surface area contributed by atoms with E-state index >= 15 is 0 Å². The van der Waals surface area contributed by atoms with Gasteiger partial charge < -0.3 is 9.84 Å². The van der Waals surface area contributed by atoms with Crippen molar-refractivity contribution in [2.24, 2.45) is 13.0 Å². The predicted molar refractivity (Wildman–Crippen MR) is 68.1 cm³/mol. The SMILES string of the molecule is COC1(C(O)Cc2ncnn2C)CCC(C)CC1. The fraction of sp³-hybridized carbons (Fsp3) is 0.846. The lowest BCUT2D eigenvalue weighted by Crippen LogP contribution is -2.48. The number of aliphatic hydroxyl groups is 1. The normalized spacial score (nSPS) is 30.3. The van der Waals surface area contributed by atoms with Crippen LogP contribution in [0.3, 0.4) is 0 Å². The predicted octanol–water partition coefficient (Wildman–Crippen LogP) is 1.31. The van der Waals surface area contributed by atoms with Gasteiger partial charge >= 0.3 is 0 Å². The minimum absolute atomic E-state index is 0.404. The molecule has 5 nitrogen and oxygen atoms in total. The fourth-order valence-corrected chi connectivity index (χ4v) is 2.79. The van der Waals surface area contributed by atoms with Gasteiger partial charge in [-0.2, -0.15) is 5.10 Å². The highest BCUT2D eigenvalue weighted by molar-refractivity contribution is 4.98. The molecule has 0 amide bonds. The molecule has 1 aliphatic carbocycles. The number of methoxy groups -OCH3 is 1. The minimum atomic E-state index is -0.516. The van der Waals surface area contributed by atoms with Crippen molar-refractivity contribution in [1.29, 1.82) is 0 Å². The van der Waals surface area contributed by atoms with Gasteiger partial charge in [0.1, 0.15) is 12.2 Å². The Hall–Kier alpha value is -0.940. The van der Waals surface area contributed by atoms with E-state index in [1.54, 1.807) is 11.8 Å². The van der Waals surface area contributed by atoms with Crippen molar-refractivity contribution >= 4 is 0 Å². The van der Waals surface area contributed by atoms with Crippen LogP contribution < -0.4 is 0 Å². The van der Waals surface area contributed by atoms with E-state index < -0.39 is 11.7 Å². The van der Waals surface area contributed by atoms with Gasteiger partial charge in [-0.3, -0.25) is 4.68 Å². The Morgan fingerprint density at radius 1 is 1.56 bits per heavy atom. The van der Waals surface area contributed by atoms with E-state index in [9.17, 15) is 5.11 Å². The van der Waals surface area contributed by atoms with E-state index in [4.69, 9.17) is 4.74 Å². The molecule has 1 aromatic rings. The van der Waals surface area contributed by atoms with Gasteiger partial charge in [-0.15, -0.1) is 0 Å². The van der Waals surface area contributed by atoms with Crippen molar-refractivity contribution < 1.29 is 9.84 Å². The molecule has 0 saturated heterocycles. The minimum Gasteiger partial charge on any atom is -0.390 e. The zero-order valence-corrected chi connectivity index (χ0v) is 11.5. The summed E-state index contributed by atoms with van der Waals surface area (Å²) in [5.41, 5.74) is -0.404. The van der Waals surface area contributed by atoms with Gasteiger partial charge in [-0.05, 0) is 31.6 Å². The monoisotopic (exact) mass is 253 g/mol. The Bertz CT molecular complexity index is 383. The smallest absolute Gasteiger partial charge is 0.138 e. The van der Waals surface area contributed by atoms with Gasteiger partial charge in [0.25, 0.3) is 0 Å². The highest BCUT2D eigenvalue weighted by Gasteiger charge is 2.41. The highest BCUT2D eigenvalue weighted by atomic mass is 16.5. The molecule has 0 aliphatic heterocycles. The first-order chi connectivity index (χ1) is 8.57. The average Bonchev–Trinajstić information content (AvgIpc) is 2.76. The molecule has 1 aromatic heterocycles. The second kappa shape index (κ2) is 5.36. The molecule has 1 fully saturated rings. The summed E-state index contributed by atoms with van der Waals surface area (Å²) in [6.07, 6.45) is 5.57. The van der Waals surface area contributed by atoms with Crippen LogP contribution in [0.1, 0.15) is 38.4 Å². The maximum absolute atomic E-state index is 10.5. The van der Waals surface area contributed by atoms with Crippen LogP contribution in [-0.4, -0.2) is 38.7 Å². The molecule has 102 valence electrons. The molecule has 0 spiro atoms. The number of rotatable bonds is 4. The number of nitrogens with zero attached hydrogens (tertiary/aromatic N) is 3. The second-order valence-corrected chi connectivity index (χ2v) is 5.47. The van der Waals surface area contributed by atoms with Crippen LogP contribution in [0, 0.1) is 5.92 Å². The first kappa shape index (κ1) is 13.5. The van der Waals surface area contributed by atoms with Crippen molar-refractivity contribution in [3.63, 3.8) is 0 Å². The van der Waals surface area contributed by atoms with Crippen LogP contribution in [-0.2, 0) is 18.2 Å². The maximum atomic E-state index is 10.5. The van der Waals surface area contributed by atoms with Crippen LogP contribution >= 0.6 is 0 Å². The average molecular weight is 253 g/mol. The first-order valence-corrected chi connectivity index (χ1v) is 6.63. The first-order valence-electron chi connectivity index (χ1n) is 6.63. The van der Waals surface area contributed by atoms with Gasteiger partial charge in [0.15, 0.2) is 0 Å². The molecule has 1 saturated carbocycles. The van der Waals surface area contributed by atoms with E-state index in [1.165, 1.54) is 6.33 Å². The number of aliphatic hydroxyl groups excluding tert-OH is 1. The van der Waals surface area contributed by atoms with Crippen molar-refractivity contribution in [2.75, 3.05) is 7.11 Å². The number of hydrogen-bond donors (Lipinski definition) is 1. The Morgan fingerprint density at radius 3 is 2.72 bits per heavy atom. The molecule has 1 unspecified atom stereocenters. The maximum Gasteiger partial charge on any atom is 0.138 e. The van der Waals surface area contributed by atoms with Crippen molar-refractivity contribution in [3.05, 3.63) is 12.2 Å². The quantitative estimate of drug-likeness (QED) is 0.879. The number of aryl methyl sites for hydroxylation is 1. The fourth-order valence-electron chi connectivity index (χ4n) is 2.79. The van der Waals surface area contributed by atoms with Gasteiger partial charge in [0.2, 0.25) is 0 Å². The van der Waals surface area contributed by atoms with Gasteiger partial charge in [0.05, 0.1) is 11.7 Å². The topological polar surface area (TPSA) is 60.2 Å². The van der Waals surface area contributed by atoms with E-state index in [2.05, 4.69) is 17.0 Å². The summed E-state index contributed by atoms with van der Waals surface area (Å²) >= 11 is 0. The third-order valence-corrected chi connectivity index (χ3v) is 4.32.